The Morgan fingerprint density at radius 2 is 1.90 bits per heavy atom. The van der Waals surface area contributed by atoms with Crippen molar-refractivity contribution >= 4 is 23.3 Å². The molecule has 0 fully saturated rings. The molecule has 0 saturated carbocycles. The van der Waals surface area contributed by atoms with Crippen molar-refractivity contribution in [3.63, 3.8) is 0 Å². The van der Waals surface area contributed by atoms with Crippen LogP contribution in [0.2, 0.25) is 0 Å². The van der Waals surface area contributed by atoms with Crippen LogP contribution in [0.25, 0.3) is 0 Å². The third-order valence-corrected chi connectivity index (χ3v) is 2.33. The standard InChI is InChI=1S/C10H12N4O6/c15-5-7(6-16)4-11-12-9-2-1-8(13(17)18)3-10(9)14(19)20/h1-4,7,12,15-16H,5-6H2/b11-4+. The number of nitro groups is 2. The Kier molecular flexibility index (Phi) is 5.50. The van der Waals surface area contributed by atoms with Gasteiger partial charge in [0.1, 0.15) is 5.69 Å². The highest BCUT2D eigenvalue weighted by molar-refractivity contribution is 5.68. The molecule has 0 saturated heterocycles. The average Bonchev–Trinajstić information content (AvgIpc) is 2.43. The van der Waals surface area contributed by atoms with E-state index in [1.165, 1.54) is 6.21 Å². The molecule has 1 aromatic rings. The molecule has 0 unspecified atom stereocenters. The molecule has 0 atom stereocenters. The SMILES string of the molecule is O=[N+]([O-])c1ccc(N/N=C/C(CO)CO)c([N+](=O)[O-])c1. The van der Waals surface area contributed by atoms with Crippen LogP contribution < -0.4 is 5.43 Å². The first-order valence-electron chi connectivity index (χ1n) is 5.43. The Balaban J connectivity index is 2.95. The van der Waals surface area contributed by atoms with Crippen LogP contribution in [-0.2, 0) is 0 Å². The maximum absolute atomic E-state index is 10.8. The van der Waals surface area contributed by atoms with E-state index < -0.39 is 27.1 Å². The van der Waals surface area contributed by atoms with Crippen molar-refractivity contribution in [2.45, 2.75) is 0 Å². The van der Waals surface area contributed by atoms with E-state index in [9.17, 15) is 20.2 Å². The number of anilines is 1. The Morgan fingerprint density at radius 3 is 2.40 bits per heavy atom. The molecule has 0 bridgehead atoms. The minimum absolute atomic E-state index is 0.0357. The quantitative estimate of drug-likeness (QED) is 0.374. The monoisotopic (exact) mass is 284 g/mol. The van der Waals surface area contributed by atoms with Crippen LogP contribution in [-0.4, -0.2) is 39.5 Å². The van der Waals surface area contributed by atoms with E-state index >= 15 is 0 Å². The van der Waals surface area contributed by atoms with Gasteiger partial charge in [-0.2, -0.15) is 5.10 Å². The predicted octanol–water partition coefficient (Wildman–Crippen LogP) is 0.501. The molecule has 0 amide bonds. The van der Waals surface area contributed by atoms with E-state index in [4.69, 9.17) is 10.2 Å². The van der Waals surface area contributed by atoms with Gasteiger partial charge < -0.3 is 10.2 Å². The van der Waals surface area contributed by atoms with E-state index in [-0.39, 0.29) is 18.9 Å². The van der Waals surface area contributed by atoms with Gasteiger partial charge in [-0.3, -0.25) is 25.7 Å². The molecule has 0 spiro atoms. The van der Waals surface area contributed by atoms with Crippen molar-refractivity contribution in [2.75, 3.05) is 18.6 Å². The smallest absolute Gasteiger partial charge is 0.301 e. The number of benzene rings is 1. The average molecular weight is 284 g/mol. The number of nitrogens with one attached hydrogen (secondary N) is 1. The Hall–Kier alpha value is -2.59. The maximum atomic E-state index is 10.8. The number of rotatable bonds is 7. The number of hydrogen-bond donors (Lipinski definition) is 3. The summed E-state index contributed by atoms with van der Waals surface area (Å²) in [6.07, 6.45) is 1.19. The van der Waals surface area contributed by atoms with E-state index in [1.807, 2.05) is 0 Å². The lowest BCUT2D eigenvalue weighted by atomic mass is 10.2. The summed E-state index contributed by atoms with van der Waals surface area (Å²) in [5, 5.41) is 42.6. The molecule has 0 aliphatic rings. The van der Waals surface area contributed by atoms with Crippen LogP contribution in [0.3, 0.4) is 0 Å². The fourth-order valence-electron chi connectivity index (χ4n) is 1.24. The Morgan fingerprint density at radius 1 is 1.25 bits per heavy atom. The van der Waals surface area contributed by atoms with Crippen LogP contribution >= 0.6 is 0 Å². The van der Waals surface area contributed by atoms with Crippen molar-refractivity contribution in [1.29, 1.82) is 0 Å². The van der Waals surface area contributed by atoms with Crippen molar-refractivity contribution in [1.82, 2.24) is 0 Å². The molecule has 1 aromatic carbocycles. The van der Waals surface area contributed by atoms with Gasteiger partial charge >= 0.3 is 5.69 Å². The summed E-state index contributed by atoms with van der Waals surface area (Å²) in [5.74, 6) is -0.598. The summed E-state index contributed by atoms with van der Waals surface area (Å²) < 4.78 is 0. The molecule has 20 heavy (non-hydrogen) atoms. The van der Waals surface area contributed by atoms with E-state index in [1.54, 1.807) is 0 Å². The van der Waals surface area contributed by atoms with Crippen LogP contribution in [0.4, 0.5) is 17.1 Å². The summed E-state index contributed by atoms with van der Waals surface area (Å²) in [7, 11) is 0. The second kappa shape index (κ2) is 7.11. The Bertz CT molecular complexity index is 528. The molecule has 1 rings (SSSR count). The summed E-state index contributed by atoms with van der Waals surface area (Å²) in [6.45, 7) is -0.659. The zero-order valence-corrected chi connectivity index (χ0v) is 10.2. The normalized spacial score (nSPS) is 10.9. The summed E-state index contributed by atoms with van der Waals surface area (Å²) in [4.78, 5) is 19.8. The lowest BCUT2D eigenvalue weighted by Crippen LogP contribution is -2.13. The van der Waals surface area contributed by atoms with Gasteiger partial charge in [-0.05, 0) is 6.07 Å². The molecule has 0 aromatic heterocycles. The fourth-order valence-corrected chi connectivity index (χ4v) is 1.24. The number of hydrazone groups is 1. The van der Waals surface area contributed by atoms with Crippen molar-refractivity contribution in [2.24, 2.45) is 11.0 Å². The van der Waals surface area contributed by atoms with Crippen molar-refractivity contribution < 1.29 is 20.1 Å². The molecule has 108 valence electrons. The van der Waals surface area contributed by atoms with Gasteiger partial charge in [-0.1, -0.05) is 0 Å². The molecule has 10 nitrogen and oxygen atoms in total. The first-order chi connectivity index (χ1) is 9.49. The molecule has 0 aliphatic heterocycles. The highest BCUT2D eigenvalue weighted by Gasteiger charge is 2.19. The van der Waals surface area contributed by atoms with Gasteiger partial charge in [0.15, 0.2) is 0 Å². The van der Waals surface area contributed by atoms with Gasteiger partial charge in [-0.15, -0.1) is 0 Å². The topological polar surface area (TPSA) is 151 Å². The number of aliphatic hydroxyl groups excluding tert-OH is 2. The lowest BCUT2D eigenvalue weighted by Gasteiger charge is -2.04. The second-order valence-electron chi connectivity index (χ2n) is 3.73. The third-order valence-electron chi connectivity index (χ3n) is 2.33. The van der Waals surface area contributed by atoms with E-state index in [2.05, 4.69) is 10.5 Å². The summed E-state index contributed by atoms with van der Waals surface area (Å²) in [5.41, 5.74) is 1.40. The van der Waals surface area contributed by atoms with E-state index in [0.717, 1.165) is 18.2 Å². The number of hydrogen-bond acceptors (Lipinski definition) is 8. The third kappa shape index (κ3) is 3.96. The number of nitro benzene ring substituents is 2. The van der Waals surface area contributed by atoms with Gasteiger partial charge in [-0.25, -0.2) is 0 Å². The first kappa shape index (κ1) is 15.5. The molecular formula is C10H12N4O6. The molecule has 10 heteroatoms. The van der Waals surface area contributed by atoms with Crippen molar-refractivity contribution in [3.05, 3.63) is 38.4 Å². The molecular weight excluding hydrogens is 272 g/mol. The van der Waals surface area contributed by atoms with Crippen LogP contribution in [0, 0.1) is 26.1 Å². The molecule has 0 radical (unpaired) electrons. The summed E-state index contributed by atoms with van der Waals surface area (Å²) >= 11 is 0. The van der Waals surface area contributed by atoms with Crippen LogP contribution in [0.15, 0.2) is 23.3 Å². The van der Waals surface area contributed by atoms with Gasteiger partial charge in [0.25, 0.3) is 5.69 Å². The molecule has 0 heterocycles. The summed E-state index contributed by atoms with van der Waals surface area (Å²) in [6, 6.07) is 3.06. The zero-order chi connectivity index (χ0) is 15.1. The minimum atomic E-state index is -0.777. The molecule has 0 aliphatic carbocycles. The van der Waals surface area contributed by atoms with Crippen LogP contribution in [0.1, 0.15) is 0 Å². The number of nitrogens with zero attached hydrogens (tertiary/aromatic N) is 3. The lowest BCUT2D eigenvalue weighted by molar-refractivity contribution is -0.393. The first-order valence-corrected chi connectivity index (χ1v) is 5.43. The maximum Gasteiger partial charge on any atom is 0.301 e. The van der Waals surface area contributed by atoms with Crippen molar-refractivity contribution in [3.8, 4) is 0 Å². The largest absolute Gasteiger partial charge is 0.396 e. The number of non-ortho nitro benzene ring substituents is 1. The fraction of sp³-hybridized carbons (Fsp3) is 0.300. The Labute approximate surface area is 112 Å². The second-order valence-corrected chi connectivity index (χ2v) is 3.73. The predicted molar refractivity (Wildman–Crippen MR) is 69.5 cm³/mol. The van der Waals surface area contributed by atoms with Gasteiger partial charge in [0, 0.05) is 18.2 Å². The van der Waals surface area contributed by atoms with Gasteiger partial charge in [0.05, 0.1) is 29.1 Å². The highest BCUT2D eigenvalue weighted by atomic mass is 16.6. The number of aliphatic hydroxyl groups is 2. The minimum Gasteiger partial charge on any atom is -0.396 e. The van der Waals surface area contributed by atoms with E-state index in [0.29, 0.717) is 0 Å². The van der Waals surface area contributed by atoms with Gasteiger partial charge in [0.2, 0.25) is 0 Å². The van der Waals surface area contributed by atoms with Crippen LogP contribution in [0.5, 0.6) is 0 Å². The zero-order valence-electron chi connectivity index (χ0n) is 10.2. The highest BCUT2D eigenvalue weighted by Crippen LogP contribution is 2.28. The molecule has 3 N–H and O–H groups in total.